The van der Waals surface area contributed by atoms with Gasteiger partial charge < -0.3 is 10.5 Å². The summed E-state index contributed by atoms with van der Waals surface area (Å²) >= 11 is 1.04. The number of thioether (sulfide) groups is 1. The van der Waals surface area contributed by atoms with E-state index in [4.69, 9.17) is 15.3 Å². The third-order valence-corrected chi connectivity index (χ3v) is 7.33. The number of fused-ring (bicyclic) bond motifs is 2. The number of rotatable bonds is 4. The van der Waals surface area contributed by atoms with Crippen LogP contribution in [0.15, 0.2) is 35.4 Å². The van der Waals surface area contributed by atoms with Gasteiger partial charge in [0.2, 0.25) is 0 Å². The van der Waals surface area contributed by atoms with Crippen molar-refractivity contribution in [3.05, 3.63) is 64.5 Å². The summed E-state index contributed by atoms with van der Waals surface area (Å²) in [6, 6.07) is 5.17. The molecule has 0 unspecified atom stereocenters. The highest BCUT2D eigenvalue weighted by Crippen LogP contribution is 2.58. The Hall–Kier alpha value is -2.76. The van der Waals surface area contributed by atoms with Gasteiger partial charge in [0, 0.05) is 24.1 Å². The van der Waals surface area contributed by atoms with Crippen LogP contribution < -0.4 is 10.5 Å². The topological polar surface area (TPSA) is 80.4 Å². The van der Waals surface area contributed by atoms with E-state index in [1.54, 1.807) is 13.0 Å². The van der Waals surface area contributed by atoms with Gasteiger partial charge in [-0.25, -0.2) is 23.0 Å². The molecule has 176 valence electrons. The van der Waals surface area contributed by atoms with Crippen molar-refractivity contribution >= 4 is 22.8 Å². The Bertz CT molecular complexity index is 1130. The fraction of sp³-hybridized carbons (Fsp3) is 0.364. The van der Waals surface area contributed by atoms with Gasteiger partial charge in [-0.3, -0.25) is 4.84 Å². The lowest BCUT2D eigenvalue weighted by molar-refractivity contribution is -0.0845. The molecule has 11 heteroatoms. The number of ether oxygens (including phenoxy) is 1. The van der Waals surface area contributed by atoms with Crippen molar-refractivity contribution in [2.24, 2.45) is 16.8 Å². The van der Waals surface area contributed by atoms with Crippen molar-refractivity contribution in [2.75, 3.05) is 27.3 Å². The number of urea groups is 1. The normalized spacial score (nSPS) is 21.6. The van der Waals surface area contributed by atoms with Crippen LogP contribution in [-0.2, 0) is 9.71 Å². The average molecular weight is 481 g/mol. The van der Waals surface area contributed by atoms with Crippen molar-refractivity contribution in [3.8, 4) is 5.75 Å². The minimum Gasteiger partial charge on any atom is -0.493 e. The van der Waals surface area contributed by atoms with Gasteiger partial charge in [0.15, 0.2) is 4.87 Å². The zero-order chi connectivity index (χ0) is 23.9. The summed E-state index contributed by atoms with van der Waals surface area (Å²) in [5, 5.41) is 6.57. The summed E-state index contributed by atoms with van der Waals surface area (Å²) in [5.41, 5.74) is 6.47. The van der Waals surface area contributed by atoms with Crippen LogP contribution in [0, 0.1) is 30.3 Å². The highest BCUT2D eigenvalue weighted by molar-refractivity contribution is 8.15. The van der Waals surface area contributed by atoms with E-state index in [1.165, 1.54) is 20.2 Å². The van der Waals surface area contributed by atoms with Crippen LogP contribution in [0.1, 0.15) is 23.1 Å². The number of hydrogen-bond donors (Lipinski definition) is 1. The maximum atomic E-state index is 14.8. The summed E-state index contributed by atoms with van der Waals surface area (Å²) < 4.78 is 49.3. The second kappa shape index (κ2) is 8.88. The molecule has 2 aliphatic heterocycles. The number of nitrogens with two attached hydrogens (primary N) is 1. The molecule has 0 saturated carbocycles. The van der Waals surface area contributed by atoms with Gasteiger partial charge in [-0.2, -0.15) is 10.1 Å². The number of carbonyl (C=O) groups excluding carboxylic acids is 1. The Labute approximate surface area is 193 Å². The molecule has 0 aliphatic carbocycles. The number of benzene rings is 2. The van der Waals surface area contributed by atoms with E-state index in [9.17, 15) is 18.0 Å². The lowest BCUT2D eigenvalue weighted by Crippen LogP contribution is -2.54. The molecule has 2 aromatic rings. The third kappa shape index (κ3) is 3.83. The molecule has 4 rings (SSSR count). The van der Waals surface area contributed by atoms with Gasteiger partial charge in [-0.1, -0.05) is 11.8 Å². The molecule has 2 aliphatic rings. The number of hydrogen-bond acceptors (Lipinski definition) is 6. The highest BCUT2D eigenvalue weighted by Gasteiger charge is 2.58. The maximum absolute atomic E-state index is 14.8. The minimum atomic E-state index is -1.32. The lowest BCUT2D eigenvalue weighted by atomic mass is 9.86. The van der Waals surface area contributed by atoms with E-state index in [1.807, 2.05) is 0 Å². The van der Waals surface area contributed by atoms with Crippen LogP contribution >= 0.6 is 11.8 Å². The molecule has 1 spiro atoms. The number of hydrazone groups is 1. The fourth-order valence-corrected chi connectivity index (χ4v) is 5.54. The molecule has 0 radical (unpaired) electrons. The van der Waals surface area contributed by atoms with Gasteiger partial charge in [0.25, 0.3) is 0 Å². The van der Waals surface area contributed by atoms with Crippen LogP contribution in [0.4, 0.5) is 18.0 Å². The van der Waals surface area contributed by atoms with E-state index in [0.717, 1.165) is 40.0 Å². The zero-order valence-electron chi connectivity index (χ0n) is 18.3. The number of nitrogens with zero attached hydrogens (tertiary/aromatic N) is 3. The van der Waals surface area contributed by atoms with E-state index < -0.39 is 34.3 Å². The monoisotopic (exact) mass is 480 g/mol. The average Bonchev–Trinajstić information content (AvgIpc) is 3.18. The molecular formula is C22H23F3N4O3S. The Morgan fingerprint density at radius 1 is 1.33 bits per heavy atom. The van der Waals surface area contributed by atoms with Crippen LogP contribution in [0.3, 0.4) is 0 Å². The van der Waals surface area contributed by atoms with Crippen LogP contribution in [0.25, 0.3) is 0 Å². The molecule has 0 fully saturated rings. The first-order valence-corrected chi connectivity index (χ1v) is 11.0. The fourth-order valence-electron chi connectivity index (χ4n) is 4.03. The van der Waals surface area contributed by atoms with Crippen LogP contribution in [-0.4, -0.2) is 48.5 Å². The number of carbonyl (C=O) groups is 1. The molecule has 0 bridgehead atoms. The smallest absolute Gasteiger partial charge is 0.365 e. The quantitative estimate of drug-likeness (QED) is 0.671. The first-order valence-electron chi connectivity index (χ1n) is 10.2. The van der Waals surface area contributed by atoms with Gasteiger partial charge in [0.05, 0.1) is 13.7 Å². The van der Waals surface area contributed by atoms with Crippen molar-refractivity contribution in [2.45, 2.75) is 18.2 Å². The van der Waals surface area contributed by atoms with Gasteiger partial charge >= 0.3 is 6.03 Å². The third-order valence-electron chi connectivity index (χ3n) is 5.80. The Morgan fingerprint density at radius 3 is 2.79 bits per heavy atom. The first kappa shape index (κ1) is 23.4. The molecule has 2 amide bonds. The number of hydroxylamine groups is 2. The van der Waals surface area contributed by atoms with E-state index in [2.05, 4.69) is 5.10 Å². The zero-order valence-corrected chi connectivity index (χ0v) is 19.1. The number of halogens is 3. The number of amides is 2. The molecule has 2 atom stereocenters. The summed E-state index contributed by atoms with van der Waals surface area (Å²) in [6.45, 7) is 2.02. The van der Waals surface area contributed by atoms with Crippen molar-refractivity contribution < 1.29 is 27.5 Å². The maximum Gasteiger partial charge on any atom is 0.365 e. The van der Waals surface area contributed by atoms with Gasteiger partial charge in [-0.15, -0.1) is 0 Å². The molecule has 7 nitrogen and oxygen atoms in total. The summed E-state index contributed by atoms with van der Waals surface area (Å²) in [4.78, 5) is 17.1. The molecule has 2 heterocycles. The number of aryl methyl sites for hydroxylation is 1. The summed E-state index contributed by atoms with van der Waals surface area (Å²) in [5.74, 6) is -1.92. The predicted molar refractivity (Wildman–Crippen MR) is 118 cm³/mol. The molecule has 33 heavy (non-hydrogen) atoms. The van der Waals surface area contributed by atoms with E-state index in [0.29, 0.717) is 23.3 Å². The standard InChI is InChI=1S/C22H23F3N4O3S/c1-12-8-19-16(10-18(12)25)22(13(6-7-26)11-32-19)29(21(30)28(2)31-3)27-20(33-22)15-9-14(23)4-5-17(15)24/h4-5,8-10,13H,6-7,11,26H2,1-3H3/t13-,22+/m0/s1. The predicted octanol–water partition coefficient (Wildman–Crippen LogP) is 3.95. The minimum absolute atomic E-state index is 0.0701. The van der Waals surface area contributed by atoms with Crippen molar-refractivity contribution in [1.29, 1.82) is 0 Å². The SMILES string of the molecule is CON(C)C(=O)N1N=C(c2cc(F)ccc2F)S[C@]12c1cc(F)c(C)cc1OC[C@@H]2CCN. The van der Waals surface area contributed by atoms with Crippen LogP contribution in [0.2, 0.25) is 0 Å². The van der Waals surface area contributed by atoms with Gasteiger partial charge in [0.1, 0.15) is 28.2 Å². The first-order chi connectivity index (χ1) is 15.7. The lowest BCUT2D eigenvalue weighted by Gasteiger charge is -2.45. The highest BCUT2D eigenvalue weighted by atomic mass is 32.2. The van der Waals surface area contributed by atoms with Crippen LogP contribution in [0.5, 0.6) is 5.75 Å². The second-order valence-corrected chi connectivity index (χ2v) is 9.00. The van der Waals surface area contributed by atoms with E-state index in [-0.39, 0.29) is 23.8 Å². The molecular weight excluding hydrogens is 457 g/mol. The Morgan fingerprint density at radius 2 is 2.09 bits per heavy atom. The van der Waals surface area contributed by atoms with Crippen molar-refractivity contribution in [3.63, 3.8) is 0 Å². The van der Waals surface area contributed by atoms with E-state index >= 15 is 0 Å². The largest absolute Gasteiger partial charge is 0.493 e. The summed E-state index contributed by atoms with van der Waals surface area (Å²) in [7, 11) is 2.70. The molecule has 0 aromatic heterocycles. The second-order valence-electron chi connectivity index (χ2n) is 7.79. The molecule has 2 N–H and O–H groups in total. The Balaban J connectivity index is 1.96. The van der Waals surface area contributed by atoms with Gasteiger partial charge in [-0.05, 0) is 55.8 Å². The van der Waals surface area contributed by atoms with Crippen molar-refractivity contribution in [1.82, 2.24) is 10.1 Å². The summed E-state index contributed by atoms with van der Waals surface area (Å²) in [6.07, 6.45) is 0.400. The molecule has 0 saturated heterocycles. The Kier molecular flexibility index (Phi) is 6.30. The molecule has 2 aromatic carbocycles.